The molecule has 0 bridgehead atoms. The van der Waals surface area contributed by atoms with Crippen LogP contribution in [0.15, 0.2) is 45.3 Å². The van der Waals surface area contributed by atoms with E-state index < -0.39 is 0 Å². The van der Waals surface area contributed by atoms with Gasteiger partial charge in [-0.15, -0.1) is 0 Å². The molecule has 3 nitrogen and oxygen atoms in total. The molecule has 2 aromatic carbocycles. The van der Waals surface area contributed by atoms with Crippen molar-refractivity contribution in [3.8, 4) is 5.75 Å². The fourth-order valence-electron chi connectivity index (χ4n) is 1.61. The number of halogens is 3. The summed E-state index contributed by atoms with van der Waals surface area (Å²) in [6, 6.07) is 11.0. The highest BCUT2D eigenvalue weighted by Gasteiger charge is 2.11. The molecule has 0 atom stereocenters. The first kappa shape index (κ1) is 15.8. The first-order valence-electron chi connectivity index (χ1n) is 5.61. The van der Waals surface area contributed by atoms with Crippen LogP contribution in [0.2, 0.25) is 0 Å². The zero-order valence-electron chi connectivity index (χ0n) is 10.4. The van der Waals surface area contributed by atoms with E-state index in [0.717, 1.165) is 12.5 Å². The van der Waals surface area contributed by atoms with Crippen molar-refractivity contribution in [2.75, 3.05) is 12.4 Å². The summed E-state index contributed by atoms with van der Waals surface area (Å²) in [5.74, 6) is 0.500. The Labute approximate surface area is 147 Å². The van der Waals surface area contributed by atoms with E-state index in [2.05, 4.69) is 59.8 Å². The van der Waals surface area contributed by atoms with E-state index in [4.69, 9.17) is 4.74 Å². The lowest BCUT2D eigenvalue weighted by molar-refractivity contribution is 0.102. The van der Waals surface area contributed by atoms with Gasteiger partial charge in [-0.25, -0.2) is 0 Å². The minimum absolute atomic E-state index is 0.159. The minimum atomic E-state index is -0.159. The Morgan fingerprint density at radius 1 is 1.20 bits per heavy atom. The predicted molar refractivity (Wildman–Crippen MR) is 95.5 cm³/mol. The van der Waals surface area contributed by atoms with Gasteiger partial charge in [0.05, 0.1) is 17.3 Å². The van der Waals surface area contributed by atoms with Crippen molar-refractivity contribution < 1.29 is 9.53 Å². The number of amides is 1. The monoisotopic (exact) mass is 509 g/mol. The van der Waals surface area contributed by atoms with E-state index in [1.807, 2.05) is 24.3 Å². The molecule has 2 rings (SSSR count). The lowest BCUT2D eigenvalue weighted by Crippen LogP contribution is -2.12. The Balaban J connectivity index is 2.28. The summed E-state index contributed by atoms with van der Waals surface area (Å²) < 4.78 is 7.84. The summed E-state index contributed by atoms with van der Waals surface area (Å²) >= 11 is 8.99. The van der Waals surface area contributed by atoms with Gasteiger partial charge in [0, 0.05) is 19.7 Å². The van der Waals surface area contributed by atoms with E-state index in [1.165, 1.54) is 0 Å². The molecule has 104 valence electrons. The lowest BCUT2D eigenvalue weighted by atomic mass is 10.2. The van der Waals surface area contributed by atoms with Gasteiger partial charge in [-0.2, -0.15) is 0 Å². The maximum absolute atomic E-state index is 12.2. The van der Waals surface area contributed by atoms with Gasteiger partial charge >= 0.3 is 0 Å². The van der Waals surface area contributed by atoms with Crippen LogP contribution < -0.4 is 10.1 Å². The molecule has 0 aliphatic carbocycles. The van der Waals surface area contributed by atoms with Gasteiger partial charge in [0.2, 0.25) is 0 Å². The minimum Gasteiger partial charge on any atom is -0.495 e. The number of methoxy groups -OCH3 is 1. The molecule has 2 aromatic rings. The van der Waals surface area contributed by atoms with Crippen LogP contribution in [0.5, 0.6) is 5.75 Å². The van der Waals surface area contributed by atoms with Crippen LogP contribution in [-0.2, 0) is 0 Å². The number of benzene rings is 2. The summed E-state index contributed by atoms with van der Waals surface area (Å²) in [6.07, 6.45) is 0. The number of nitrogens with one attached hydrogen (secondary N) is 1. The molecule has 1 amide bonds. The number of carbonyl (C=O) groups excluding carboxylic acids is 1. The van der Waals surface area contributed by atoms with Crippen molar-refractivity contribution in [2.24, 2.45) is 0 Å². The van der Waals surface area contributed by atoms with Crippen molar-refractivity contribution in [2.45, 2.75) is 0 Å². The molecule has 0 saturated carbocycles. The average Bonchev–Trinajstić information content (AvgIpc) is 2.41. The molecular formula is C14H10Br2INO2. The summed E-state index contributed by atoms with van der Waals surface area (Å²) in [4.78, 5) is 12.2. The van der Waals surface area contributed by atoms with Crippen LogP contribution in [0.4, 0.5) is 5.69 Å². The molecule has 0 fully saturated rings. The molecule has 0 saturated heterocycles. The molecule has 6 heteroatoms. The highest BCUT2D eigenvalue weighted by molar-refractivity contribution is 14.1. The largest absolute Gasteiger partial charge is 0.495 e. The van der Waals surface area contributed by atoms with Gasteiger partial charge in [0.1, 0.15) is 5.75 Å². The number of hydrogen-bond donors (Lipinski definition) is 1. The van der Waals surface area contributed by atoms with Crippen molar-refractivity contribution in [3.63, 3.8) is 0 Å². The average molecular weight is 511 g/mol. The van der Waals surface area contributed by atoms with Crippen molar-refractivity contribution >= 4 is 66.0 Å². The van der Waals surface area contributed by atoms with E-state index in [1.54, 1.807) is 19.2 Å². The fourth-order valence-corrected chi connectivity index (χ4v) is 3.40. The summed E-state index contributed by atoms with van der Waals surface area (Å²) in [7, 11) is 1.58. The SMILES string of the molecule is COc1cc(NC(=O)c2cccc(I)c2)c(Br)cc1Br. The summed E-state index contributed by atoms with van der Waals surface area (Å²) in [5.41, 5.74) is 1.28. The van der Waals surface area contributed by atoms with Gasteiger partial charge < -0.3 is 10.1 Å². The normalized spacial score (nSPS) is 10.2. The van der Waals surface area contributed by atoms with Gasteiger partial charge in [-0.05, 0) is 78.7 Å². The molecule has 0 aliphatic rings. The first-order valence-corrected chi connectivity index (χ1v) is 8.27. The standard InChI is InChI=1S/C14H10Br2INO2/c1-20-13-7-12(10(15)6-11(13)16)18-14(19)8-3-2-4-9(17)5-8/h2-7H,1H3,(H,18,19). The molecule has 0 radical (unpaired) electrons. The third kappa shape index (κ3) is 3.73. The zero-order valence-corrected chi connectivity index (χ0v) is 15.7. The summed E-state index contributed by atoms with van der Waals surface area (Å²) in [6.45, 7) is 0. The number of hydrogen-bond acceptors (Lipinski definition) is 2. The molecule has 0 unspecified atom stereocenters. The molecule has 20 heavy (non-hydrogen) atoms. The zero-order chi connectivity index (χ0) is 14.7. The van der Waals surface area contributed by atoms with Crippen LogP contribution in [0.25, 0.3) is 0 Å². The smallest absolute Gasteiger partial charge is 0.255 e. The third-order valence-electron chi connectivity index (χ3n) is 2.58. The fraction of sp³-hybridized carbons (Fsp3) is 0.0714. The molecule has 0 heterocycles. The Hall–Kier alpha value is -0.600. The molecule has 0 spiro atoms. The predicted octanol–water partition coefficient (Wildman–Crippen LogP) is 5.08. The summed E-state index contributed by atoms with van der Waals surface area (Å²) in [5, 5.41) is 2.87. The van der Waals surface area contributed by atoms with Crippen molar-refractivity contribution in [3.05, 3.63) is 54.5 Å². The lowest BCUT2D eigenvalue weighted by Gasteiger charge is -2.11. The molecular weight excluding hydrogens is 501 g/mol. The van der Waals surface area contributed by atoms with Crippen LogP contribution in [0, 0.1) is 3.57 Å². The Morgan fingerprint density at radius 3 is 2.60 bits per heavy atom. The third-order valence-corrected chi connectivity index (χ3v) is 4.52. The number of ether oxygens (including phenoxy) is 1. The van der Waals surface area contributed by atoms with Crippen molar-refractivity contribution in [1.29, 1.82) is 0 Å². The number of carbonyl (C=O) groups is 1. The second-order valence-electron chi connectivity index (χ2n) is 3.93. The highest BCUT2D eigenvalue weighted by Crippen LogP contribution is 2.34. The van der Waals surface area contributed by atoms with Gasteiger partial charge in [-0.1, -0.05) is 6.07 Å². The van der Waals surface area contributed by atoms with Crippen LogP contribution in [-0.4, -0.2) is 13.0 Å². The van der Waals surface area contributed by atoms with E-state index in [0.29, 0.717) is 17.0 Å². The van der Waals surface area contributed by atoms with Crippen LogP contribution >= 0.6 is 54.5 Å². The van der Waals surface area contributed by atoms with Gasteiger partial charge in [0.15, 0.2) is 0 Å². The molecule has 1 N–H and O–H groups in total. The second kappa shape index (κ2) is 6.91. The highest BCUT2D eigenvalue weighted by atomic mass is 127. The molecule has 0 aliphatic heterocycles. The van der Waals surface area contributed by atoms with Crippen molar-refractivity contribution in [1.82, 2.24) is 0 Å². The van der Waals surface area contributed by atoms with E-state index in [9.17, 15) is 4.79 Å². The van der Waals surface area contributed by atoms with Gasteiger partial charge in [0.25, 0.3) is 5.91 Å². The van der Waals surface area contributed by atoms with Crippen LogP contribution in [0.3, 0.4) is 0 Å². The topological polar surface area (TPSA) is 38.3 Å². The van der Waals surface area contributed by atoms with E-state index >= 15 is 0 Å². The quantitative estimate of drug-likeness (QED) is 0.585. The maximum atomic E-state index is 12.2. The van der Waals surface area contributed by atoms with Crippen LogP contribution in [0.1, 0.15) is 10.4 Å². The second-order valence-corrected chi connectivity index (χ2v) is 6.89. The van der Waals surface area contributed by atoms with E-state index in [-0.39, 0.29) is 5.91 Å². The maximum Gasteiger partial charge on any atom is 0.255 e. The Bertz CT molecular complexity index is 662. The first-order chi connectivity index (χ1) is 9.51. The Kier molecular flexibility index (Phi) is 5.45. The number of anilines is 1. The number of rotatable bonds is 3. The Morgan fingerprint density at radius 2 is 1.95 bits per heavy atom. The molecule has 0 aromatic heterocycles. The van der Waals surface area contributed by atoms with Gasteiger partial charge in [-0.3, -0.25) is 4.79 Å².